The molecular weight excluding hydrogens is 354 g/mol. The summed E-state index contributed by atoms with van der Waals surface area (Å²) >= 11 is 0. The topological polar surface area (TPSA) is 99.9 Å². The highest BCUT2D eigenvalue weighted by Crippen LogP contribution is 2.48. The first-order valence-corrected chi connectivity index (χ1v) is 10.2. The first kappa shape index (κ1) is 23.7. The third kappa shape index (κ3) is 9.07. The first-order valence-electron chi connectivity index (χ1n) is 10.2. The molecular formula is C22H35N3O3. The highest BCUT2D eigenvalue weighted by Gasteiger charge is 2.39. The normalized spacial score (nSPS) is 29.4. The summed E-state index contributed by atoms with van der Waals surface area (Å²) in [6.45, 7) is 0.741. The van der Waals surface area contributed by atoms with Crippen molar-refractivity contribution < 1.29 is 14.3 Å². The van der Waals surface area contributed by atoms with E-state index in [0.717, 1.165) is 24.3 Å². The van der Waals surface area contributed by atoms with Gasteiger partial charge in [-0.3, -0.25) is 0 Å². The van der Waals surface area contributed by atoms with Crippen molar-refractivity contribution in [3.05, 3.63) is 0 Å². The molecule has 28 heavy (non-hydrogen) atoms. The van der Waals surface area contributed by atoms with Crippen molar-refractivity contribution in [1.82, 2.24) is 0 Å². The molecule has 0 spiro atoms. The quantitative estimate of drug-likeness (QED) is 0.327. The van der Waals surface area contributed by atoms with E-state index in [1.165, 1.54) is 51.7 Å². The van der Waals surface area contributed by atoms with Crippen molar-refractivity contribution >= 4 is 6.08 Å². The Balaban J connectivity index is 0.000000201. The number of methoxy groups -OCH3 is 2. The molecule has 156 valence electrons. The van der Waals surface area contributed by atoms with Gasteiger partial charge >= 0.3 is 0 Å². The van der Waals surface area contributed by atoms with Gasteiger partial charge in [0.2, 0.25) is 6.08 Å². The van der Waals surface area contributed by atoms with Gasteiger partial charge in [-0.2, -0.15) is 0 Å². The lowest BCUT2D eigenvalue weighted by Gasteiger charge is -2.18. The third-order valence-electron chi connectivity index (χ3n) is 6.23. The van der Waals surface area contributed by atoms with E-state index in [-0.39, 0.29) is 0 Å². The Kier molecular flexibility index (Phi) is 12.5. The molecule has 6 heteroatoms. The van der Waals surface area contributed by atoms with E-state index in [1.54, 1.807) is 38.2 Å². The van der Waals surface area contributed by atoms with Gasteiger partial charge in [-0.05, 0) is 55.3 Å². The molecule has 3 atom stereocenters. The first-order chi connectivity index (χ1) is 13.7. The van der Waals surface area contributed by atoms with Gasteiger partial charge in [-0.25, -0.2) is 9.79 Å². The second kappa shape index (κ2) is 14.7. The van der Waals surface area contributed by atoms with Crippen molar-refractivity contribution in [2.45, 2.75) is 57.8 Å². The number of aliphatic imine (C=N–C) groups is 1. The number of hydrogen-bond acceptors (Lipinski definition) is 6. The van der Waals surface area contributed by atoms with E-state index in [4.69, 9.17) is 0 Å². The molecule has 4 rings (SSSR count). The van der Waals surface area contributed by atoms with E-state index in [9.17, 15) is 4.79 Å². The molecule has 0 heterocycles. The second-order valence-corrected chi connectivity index (χ2v) is 7.89. The van der Waals surface area contributed by atoms with E-state index in [2.05, 4.69) is 38.1 Å². The molecule has 0 aliphatic heterocycles. The average molecular weight is 390 g/mol. The number of nitrogens with zero attached hydrogens (tertiary/aromatic N) is 1. The van der Waals surface area contributed by atoms with Gasteiger partial charge in [0.05, 0.1) is 20.8 Å². The van der Waals surface area contributed by atoms with Crippen LogP contribution in [0.4, 0.5) is 0 Å². The van der Waals surface area contributed by atoms with Crippen LogP contribution in [0.15, 0.2) is 4.99 Å². The van der Waals surface area contributed by atoms with Gasteiger partial charge in [0, 0.05) is 12.1 Å². The SMILES string of the molecule is C1CC2CCC1C2.COC#CN.COC#CN.O=C=NCC1CC2CCC1C2. The summed E-state index contributed by atoms with van der Waals surface area (Å²) in [5.74, 6) is 4.91. The van der Waals surface area contributed by atoms with Crippen LogP contribution in [-0.2, 0) is 14.3 Å². The molecule has 4 bridgehead atoms. The summed E-state index contributed by atoms with van der Waals surface area (Å²) in [5, 5.41) is 0. The van der Waals surface area contributed by atoms with E-state index >= 15 is 0 Å². The van der Waals surface area contributed by atoms with E-state index in [0.29, 0.717) is 0 Å². The van der Waals surface area contributed by atoms with Crippen LogP contribution in [0.3, 0.4) is 0 Å². The molecule has 4 saturated carbocycles. The van der Waals surface area contributed by atoms with Crippen LogP contribution in [0.2, 0.25) is 0 Å². The standard InChI is InChI=1S/C9H13NO.C7H12.2C3H5NO/c11-6-10-5-9-4-7-1-2-8(9)3-7;1-2-7-4-3-6(1)5-7;2*1-5-3-2-4/h7-9H,1-5H2;6-7H,1-5H2;2*4H2,1H3. The van der Waals surface area contributed by atoms with Crippen LogP contribution in [0.1, 0.15) is 57.8 Å². The highest BCUT2D eigenvalue weighted by molar-refractivity contribution is 5.32. The summed E-state index contributed by atoms with van der Waals surface area (Å²) in [6.07, 6.45) is 19.2. The smallest absolute Gasteiger partial charge is 0.234 e. The van der Waals surface area contributed by atoms with Crippen LogP contribution in [0.5, 0.6) is 0 Å². The summed E-state index contributed by atoms with van der Waals surface area (Å²) in [4.78, 5) is 13.5. The van der Waals surface area contributed by atoms with E-state index < -0.39 is 0 Å². The Morgan fingerprint density at radius 3 is 1.61 bits per heavy atom. The number of carbonyl (C=O) groups excluding carboxylic acids is 1. The van der Waals surface area contributed by atoms with Gasteiger partial charge in [0.25, 0.3) is 0 Å². The van der Waals surface area contributed by atoms with Crippen LogP contribution in [0.25, 0.3) is 0 Å². The Morgan fingerprint density at radius 1 is 0.821 bits per heavy atom. The highest BCUT2D eigenvalue weighted by atomic mass is 16.5. The molecule has 0 saturated heterocycles. The lowest BCUT2D eigenvalue weighted by Crippen LogP contribution is -2.13. The number of nitrogens with two attached hydrogens (primary N) is 2. The van der Waals surface area contributed by atoms with Crippen LogP contribution >= 0.6 is 0 Å². The molecule has 4 aliphatic rings. The Morgan fingerprint density at radius 2 is 1.36 bits per heavy atom. The fourth-order valence-electron chi connectivity index (χ4n) is 5.05. The molecule has 0 aromatic carbocycles. The third-order valence-corrected chi connectivity index (χ3v) is 6.23. The number of rotatable bonds is 2. The maximum atomic E-state index is 9.88. The van der Waals surface area contributed by atoms with Gasteiger partial charge in [0.15, 0.2) is 0 Å². The number of hydrogen-bond donors (Lipinski definition) is 2. The van der Waals surface area contributed by atoms with Crippen LogP contribution < -0.4 is 11.5 Å². The lowest BCUT2D eigenvalue weighted by atomic mass is 9.89. The van der Waals surface area contributed by atoms with Crippen molar-refractivity contribution in [2.24, 2.45) is 46.0 Å². The minimum absolute atomic E-state index is 0.718. The van der Waals surface area contributed by atoms with Gasteiger partial charge < -0.3 is 20.9 Å². The molecule has 0 aromatic rings. The zero-order valence-corrected chi connectivity index (χ0v) is 17.3. The van der Waals surface area contributed by atoms with Crippen molar-refractivity contribution in [3.8, 4) is 24.3 Å². The number of ether oxygens (including phenoxy) is 2. The van der Waals surface area contributed by atoms with Gasteiger partial charge in [0.1, 0.15) is 12.2 Å². The number of isocyanates is 1. The van der Waals surface area contributed by atoms with Gasteiger partial charge in [-0.15, -0.1) is 0 Å². The largest absolute Gasteiger partial charge is 0.449 e. The van der Waals surface area contributed by atoms with Crippen molar-refractivity contribution in [3.63, 3.8) is 0 Å². The predicted molar refractivity (Wildman–Crippen MR) is 110 cm³/mol. The summed E-state index contributed by atoms with van der Waals surface area (Å²) in [6, 6.07) is 4.09. The summed E-state index contributed by atoms with van der Waals surface area (Å²) in [5.41, 5.74) is 9.31. The molecule has 0 aromatic heterocycles. The maximum absolute atomic E-state index is 9.88. The fourth-order valence-corrected chi connectivity index (χ4v) is 5.05. The molecule has 4 N–H and O–H groups in total. The average Bonchev–Trinajstić information content (AvgIpc) is 3.51. The molecule has 0 radical (unpaired) electrons. The lowest BCUT2D eigenvalue weighted by molar-refractivity contribution is 0.341. The minimum atomic E-state index is 0.718. The zero-order valence-electron chi connectivity index (χ0n) is 17.3. The van der Waals surface area contributed by atoms with Crippen molar-refractivity contribution in [1.29, 1.82) is 0 Å². The Labute approximate surface area is 169 Å². The van der Waals surface area contributed by atoms with Crippen LogP contribution in [-0.4, -0.2) is 26.8 Å². The fraction of sp³-hybridized carbons (Fsp3) is 0.773. The monoisotopic (exact) mass is 389 g/mol. The van der Waals surface area contributed by atoms with Gasteiger partial charge in [-0.1, -0.05) is 32.1 Å². The Hall–Kier alpha value is -2.30. The second-order valence-electron chi connectivity index (χ2n) is 7.89. The maximum Gasteiger partial charge on any atom is 0.234 e. The van der Waals surface area contributed by atoms with Crippen molar-refractivity contribution in [2.75, 3.05) is 20.8 Å². The Bertz CT molecular complexity index is 558. The molecule has 4 aliphatic carbocycles. The van der Waals surface area contributed by atoms with Crippen LogP contribution in [0, 0.1) is 53.9 Å². The summed E-state index contributed by atoms with van der Waals surface area (Å²) < 4.78 is 8.41. The molecule has 6 nitrogen and oxygen atoms in total. The van der Waals surface area contributed by atoms with E-state index in [1.807, 2.05) is 12.1 Å². The predicted octanol–water partition coefficient (Wildman–Crippen LogP) is 2.97. The molecule has 0 amide bonds. The molecule has 4 fully saturated rings. The minimum Gasteiger partial charge on any atom is -0.449 e. The summed E-state index contributed by atoms with van der Waals surface area (Å²) in [7, 11) is 2.92. The molecule has 3 unspecified atom stereocenters. The number of fused-ring (bicyclic) bond motifs is 4. The zero-order chi connectivity index (χ0) is 20.6.